The van der Waals surface area contributed by atoms with E-state index in [-0.39, 0.29) is 57.1 Å². The molecule has 13 heavy (non-hydrogen) atoms. The first-order chi connectivity index (χ1) is 3.71. The Morgan fingerprint density at radius 2 is 0.923 bits per heavy atom. The fourth-order valence-corrected chi connectivity index (χ4v) is 1.56. The molecule has 0 radical (unpaired) electrons. The van der Waals surface area contributed by atoms with Crippen LogP contribution in [-0.2, 0) is 4.12 Å². The first-order valence-corrected chi connectivity index (χ1v) is 5.13. The van der Waals surface area contributed by atoms with Gasteiger partial charge in [-0.3, -0.25) is 0 Å². The van der Waals surface area contributed by atoms with Crippen LogP contribution in [0.5, 0.6) is 0 Å². The molecule has 0 heterocycles. The first kappa shape index (κ1) is 29.3. The Morgan fingerprint density at radius 3 is 0.923 bits per heavy atom. The third-order valence-electron chi connectivity index (χ3n) is 0.266. The van der Waals surface area contributed by atoms with E-state index in [1.54, 1.807) is 0 Å². The minimum Gasteiger partial charge on any atom is -0.870 e. The van der Waals surface area contributed by atoms with Crippen molar-refractivity contribution in [3.8, 4) is 0 Å². The molecule has 0 saturated carbocycles. The standard InChI is InChI=1S/2Mg.H4O7Si2.2H2O/c;;1-8(2,3)7-9(4,5)6;;/h;;1-2,4-5H;2*1H2/q2*+2;-2;;/p-2. The Labute approximate surface area is 108 Å². The van der Waals surface area contributed by atoms with Crippen molar-refractivity contribution in [2.24, 2.45) is 0 Å². The topological polar surface area (TPSA) is 196 Å². The molecule has 0 aliphatic rings. The molecule has 72 valence electrons. The Kier molecular flexibility index (Phi) is 22.8. The molecule has 0 rings (SSSR count). The average molecular weight is 255 g/mol. The molecule has 13 heteroatoms. The van der Waals surface area contributed by atoms with Crippen LogP contribution in [0.15, 0.2) is 0 Å². The predicted molar refractivity (Wildman–Crippen MR) is 36.8 cm³/mol. The molecule has 0 spiro atoms. The van der Waals surface area contributed by atoms with Crippen molar-refractivity contribution in [2.75, 3.05) is 0 Å². The summed E-state index contributed by atoms with van der Waals surface area (Å²) in [6.45, 7) is 0. The maximum Gasteiger partial charge on any atom is 2.00 e. The van der Waals surface area contributed by atoms with Crippen molar-refractivity contribution >= 4 is 64.2 Å². The number of hydrogen-bond donors (Lipinski definition) is 4. The third kappa shape index (κ3) is 31.7. The molecule has 0 aromatic carbocycles. The van der Waals surface area contributed by atoms with Crippen LogP contribution in [0.25, 0.3) is 0 Å². The second kappa shape index (κ2) is 10.1. The van der Waals surface area contributed by atoms with E-state index in [1.807, 2.05) is 0 Å². The number of rotatable bonds is 2. The number of hydrogen-bond acceptors (Lipinski definition) is 9. The van der Waals surface area contributed by atoms with Crippen LogP contribution in [0.4, 0.5) is 0 Å². The van der Waals surface area contributed by atoms with Gasteiger partial charge in [0.1, 0.15) is 0 Å². The van der Waals surface area contributed by atoms with Crippen LogP contribution in [0.3, 0.4) is 0 Å². The van der Waals surface area contributed by atoms with Gasteiger partial charge in [0.25, 0.3) is 0 Å². The van der Waals surface area contributed by atoms with E-state index in [0.717, 1.165) is 0 Å². The maximum atomic E-state index is 9.66. The largest absolute Gasteiger partial charge is 2.00 e. The average Bonchev–Trinajstić information content (AvgIpc) is 1.14. The maximum absolute atomic E-state index is 9.66. The second-order valence-electron chi connectivity index (χ2n) is 1.20. The van der Waals surface area contributed by atoms with Crippen molar-refractivity contribution in [3.05, 3.63) is 0 Å². The van der Waals surface area contributed by atoms with Gasteiger partial charge >= 0.3 is 64.2 Å². The molecular formula is H6Mg2O9Si2. The fourth-order valence-electron chi connectivity index (χ4n) is 0.173. The summed E-state index contributed by atoms with van der Waals surface area (Å²) in [5, 5.41) is 0. The monoisotopic (exact) mass is 254 g/mol. The quantitative estimate of drug-likeness (QED) is 0.346. The zero-order valence-corrected chi connectivity index (χ0v) is 11.2. The van der Waals surface area contributed by atoms with Gasteiger partial charge in [-0.2, -0.15) is 0 Å². The van der Waals surface area contributed by atoms with Crippen LogP contribution in [0.2, 0.25) is 0 Å². The molecule has 0 amide bonds. The van der Waals surface area contributed by atoms with Crippen LogP contribution in [-0.4, -0.2) is 94.3 Å². The van der Waals surface area contributed by atoms with E-state index in [4.69, 9.17) is 19.2 Å². The molecule has 0 fully saturated rings. The molecule has 0 aliphatic heterocycles. The Morgan fingerprint density at radius 1 is 0.769 bits per heavy atom. The zero-order valence-electron chi connectivity index (χ0n) is 6.32. The van der Waals surface area contributed by atoms with Crippen molar-refractivity contribution < 1.29 is 43.8 Å². The van der Waals surface area contributed by atoms with E-state index < -0.39 is 18.1 Å². The van der Waals surface area contributed by atoms with E-state index >= 15 is 0 Å². The van der Waals surface area contributed by atoms with Crippen LogP contribution < -0.4 is 9.59 Å². The normalized spacial score (nSPS) is 9.69. The summed E-state index contributed by atoms with van der Waals surface area (Å²) in [6.07, 6.45) is 0. The molecule has 0 aliphatic carbocycles. The van der Waals surface area contributed by atoms with Crippen molar-refractivity contribution in [1.29, 1.82) is 0 Å². The van der Waals surface area contributed by atoms with Gasteiger partial charge < -0.3 is 43.8 Å². The molecule has 0 saturated heterocycles. The molecule has 0 aromatic heterocycles. The molecule has 0 atom stereocenters. The Bertz CT molecular complexity index is 80.8. The van der Waals surface area contributed by atoms with Gasteiger partial charge in [0, 0.05) is 0 Å². The first-order valence-electron chi connectivity index (χ1n) is 1.71. The van der Waals surface area contributed by atoms with Gasteiger partial charge in [0.2, 0.25) is 0 Å². The van der Waals surface area contributed by atoms with Gasteiger partial charge in [-0.25, -0.2) is 0 Å². The smallest absolute Gasteiger partial charge is 0.870 e. The van der Waals surface area contributed by atoms with Crippen LogP contribution in [0, 0.1) is 0 Å². The summed E-state index contributed by atoms with van der Waals surface area (Å²) in [6, 6.07) is 0. The van der Waals surface area contributed by atoms with Gasteiger partial charge in [0.05, 0.1) is 0 Å². The summed E-state index contributed by atoms with van der Waals surface area (Å²) in [7, 11) is -10.6. The molecule has 0 bridgehead atoms. The molecule has 0 unspecified atom stereocenters. The Hall–Kier alpha value is 1.61. The van der Waals surface area contributed by atoms with Gasteiger partial charge in [-0.1, -0.05) is 0 Å². The van der Waals surface area contributed by atoms with Crippen molar-refractivity contribution in [1.82, 2.24) is 0 Å². The summed E-state index contributed by atoms with van der Waals surface area (Å²) in [5.74, 6) is 0. The van der Waals surface area contributed by atoms with Crippen LogP contribution in [0.1, 0.15) is 0 Å². The van der Waals surface area contributed by atoms with Gasteiger partial charge in [-0.05, 0) is 0 Å². The minimum atomic E-state index is -5.29. The molecule has 9 nitrogen and oxygen atoms in total. The summed E-state index contributed by atoms with van der Waals surface area (Å²) >= 11 is 0. The minimum absolute atomic E-state index is 0. The summed E-state index contributed by atoms with van der Waals surface area (Å²) < 4.78 is 3.01. The SMILES string of the molecule is [Mg+2].[Mg+2].[O-][Si](O)(O)O[Si]([O-])(O)O.[OH-].[OH-]. The van der Waals surface area contributed by atoms with Crippen molar-refractivity contribution in [2.45, 2.75) is 0 Å². The van der Waals surface area contributed by atoms with E-state index in [1.165, 1.54) is 0 Å². The van der Waals surface area contributed by atoms with Gasteiger partial charge in [0.15, 0.2) is 0 Å². The molecule has 6 N–H and O–H groups in total. The molecular weight excluding hydrogens is 249 g/mol. The zero-order chi connectivity index (χ0) is 7.71. The van der Waals surface area contributed by atoms with E-state index in [9.17, 15) is 9.59 Å². The fraction of sp³-hybridized carbons (Fsp3) is 0. The van der Waals surface area contributed by atoms with Crippen molar-refractivity contribution in [3.63, 3.8) is 0 Å². The predicted octanol–water partition coefficient (Wildman–Crippen LogP) is -6.55. The van der Waals surface area contributed by atoms with E-state index in [0.29, 0.717) is 0 Å². The molecule has 0 aromatic rings. The summed E-state index contributed by atoms with van der Waals surface area (Å²) in [5.41, 5.74) is 0. The summed E-state index contributed by atoms with van der Waals surface area (Å²) in [4.78, 5) is 50.5. The van der Waals surface area contributed by atoms with Crippen LogP contribution >= 0.6 is 0 Å². The third-order valence-corrected chi connectivity index (χ3v) is 2.39. The van der Waals surface area contributed by atoms with E-state index in [2.05, 4.69) is 4.12 Å². The second-order valence-corrected chi connectivity index (χ2v) is 4.21. The Balaban J connectivity index is -0.0000000533. The van der Waals surface area contributed by atoms with Gasteiger partial charge in [-0.15, -0.1) is 0 Å².